The second-order valence-corrected chi connectivity index (χ2v) is 10.1. The van der Waals surface area contributed by atoms with Crippen LogP contribution in [0.4, 0.5) is 0 Å². The first-order chi connectivity index (χ1) is 12.0. The molecule has 0 atom stereocenters. The molecule has 1 aliphatic heterocycles. The molecule has 1 aromatic carbocycles. The van der Waals surface area contributed by atoms with Crippen molar-refractivity contribution in [2.45, 2.75) is 51.0 Å². The van der Waals surface area contributed by atoms with Crippen molar-refractivity contribution in [3.63, 3.8) is 0 Å². The van der Waals surface area contributed by atoms with Gasteiger partial charge in [-0.05, 0) is 44.4 Å². The van der Waals surface area contributed by atoms with Gasteiger partial charge >= 0.3 is 5.97 Å². The van der Waals surface area contributed by atoms with Crippen LogP contribution < -0.4 is 4.90 Å². The highest BCUT2D eigenvalue weighted by molar-refractivity contribution is 7.89. The molecule has 0 unspecified atom stereocenters. The Morgan fingerprint density at radius 1 is 1.15 bits per heavy atom. The van der Waals surface area contributed by atoms with Crippen molar-refractivity contribution in [2.24, 2.45) is 0 Å². The summed E-state index contributed by atoms with van der Waals surface area (Å²) in [5, 5.41) is 0. The van der Waals surface area contributed by atoms with Crippen molar-refractivity contribution >= 4 is 16.0 Å². The van der Waals surface area contributed by atoms with E-state index in [1.54, 1.807) is 12.1 Å². The van der Waals surface area contributed by atoms with Gasteiger partial charge in [-0.2, -0.15) is 4.31 Å². The number of ether oxygens (including phenoxy) is 1. The monoisotopic (exact) mass is 383 g/mol. The molecular formula is C19H31N2O4S+. The van der Waals surface area contributed by atoms with Gasteiger partial charge in [-0.15, -0.1) is 0 Å². The van der Waals surface area contributed by atoms with Crippen molar-refractivity contribution in [1.29, 1.82) is 0 Å². The third-order valence-electron chi connectivity index (χ3n) is 4.43. The van der Waals surface area contributed by atoms with Crippen molar-refractivity contribution in [1.82, 2.24) is 4.31 Å². The van der Waals surface area contributed by atoms with Gasteiger partial charge < -0.3 is 9.64 Å². The Balaban J connectivity index is 1.95. The van der Waals surface area contributed by atoms with Crippen LogP contribution in [0, 0.1) is 0 Å². The van der Waals surface area contributed by atoms with Crippen LogP contribution in [0.25, 0.3) is 0 Å². The van der Waals surface area contributed by atoms with Crippen LogP contribution in [-0.2, 0) is 19.6 Å². The van der Waals surface area contributed by atoms with Crippen LogP contribution >= 0.6 is 0 Å². The Morgan fingerprint density at radius 2 is 1.69 bits per heavy atom. The molecule has 26 heavy (non-hydrogen) atoms. The number of esters is 1. The van der Waals surface area contributed by atoms with Gasteiger partial charge in [0.15, 0.2) is 6.54 Å². The molecule has 0 amide bonds. The quantitative estimate of drug-likeness (QED) is 0.772. The number of hydrogen-bond acceptors (Lipinski definition) is 4. The molecule has 1 heterocycles. The molecule has 0 aromatic heterocycles. The molecule has 1 N–H and O–H groups in total. The number of sulfonamides is 1. The zero-order valence-electron chi connectivity index (χ0n) is 16.4. The fraction of sp³-hybridized carbons (Fsp3) is 0.632. The number of carbonyl (C=O) groups excluding carboxylic acids is 1. The van der Waals surface area contributed by atoms with E-state index in [9.17, 15) is 13.2 Å². The first-order valence-electron chi connectivity index (χ1n) is 9.14. The molecule has 6 nitrogen and oxygen atoms in total. The summed E-state index contributed by atoms with van der Waals surface area (Å²) in [5.74, 6) is 0.125. The topological polar surface area (TPSA) is 68.1 Å². The minimum Gasteiger partial charge on any atom is -0.456 e. The minimum atomic E-state index is -3.48. The van der Waals surface area contributed by atoms with E-state index in [-0.39, 0.29) is 12.5 Å². The molecule has 1 saturated heterocycles. The molecule has 2 rings (SSSR count). The maximum absolute atomic E-state index is 12.8. The van der Waals surface area contributed by atoms with Crippen LogP contribution in [-0.4, -0.2) is 57.0 Å². The summed E-state index contributed by atoms with van der Waals surface area (Å²) in [4.78, 5) is 13.3. The molecular weight excluding hydrogens is 352 g/mol. The lowest BCUT2D eigenvalue weighted by molar-refractivity contribution is -0.896. The van der Waals surface area contributed by atoms with Gasteiger partial charge in [-0.3, -0.25) is 0 Å². The van der Waals surface area contributed by atoms with E-state index in [4.69, 9.17) is 4.74 Å². The Hall–Kier alpha value is -1.44. The normalized spacial score (nSPS) is 17.5. The predicted molar refractivity (Wildman–Crippen MR) is 101 cm³/mol. The Morgan fingerprint density at radius 3 is 2.15 bits per heavy atom. The number of piperazine rings is 1. The van der Waals surface area contributed by atoms with Gasteiger partial charge in [0, 0.05) is 0 Å². The number of nitrogens with one attached hydrogen (secondary N) is 1. The number of benzene rings is 1. The fourth-order valence-electron chi connectivity index (χ4n) is 2.98. The van der Waals surface area contributed by atoms with E-state index in [1.807, 2.05) is 32.9 Å². The van der Waals surface area contributed by atoms with Crippen molar-refractivity contribution in [3.8, 4) is 0 Å². The van der Waals surface area contributed by atoms with Gasteiger partial charge in [0.05, 0.1) is 31.1 Å². The summed E-state index contributed by atoms with van der Waals surface area (Å²) in [6, 6.07) is 7.12. The van der Waals surface area contributed by atoms with E-state index in [0.29, 0.717) is 37.0 Å². The maximum atomic E-state index is 12.8. The van der Waals surface area contributed by atoms with Crippen molar-refractivity contribution < 1.29 is 22.8 Å². The predicted octanol–water partition coefficient (Wildman–Crippen LogP) is 1.04. The van der Waals surface area contributed by atoms with Gasteiger partial charge in [-0.1, -0.05) is 26.0 Å². The Bertz CT molecular complexity index is 713. The average molecular weight is 384 g/mol. The van der Waals surface area contributed by atoms with Crippen LogP contribution in [0.2, 0.25) is 0 Å². The van der Waals surface area contributed by atoms with Crippen molar-refractivity contribution in [2.75, 3.05) is 32.7 Å². The van der Waals surface area contributed by atoms with Crippen LogP contribution in [0.1, 0.15) is 46.1 Å². The highest BCUT2D eigenvalue weighted by atomic mass is 32.2. The third kappa shape index (κ3) is 5.53. The smallest absolute Gasteiger partial charge is 0.362 e. The van der Waals surface area contributed by atoms with E-state index in [1.165, 1.54) is 4.31 Å². The molecule has 7 heteroatoms. The van der Waals surface area contributed by atoms with E-state index < -0.39 is 15.6 Å². The van der Waals surface area contributed by atoms with Gasteiger partial charge in [0.25, 0.3) is 0 Å². The Labute approximate surface area is 157 Å². The first kappa shape index (κ1) is 20.9. The molecule has 1 fully saturated rings. The molecule has 0 saturated carbocycles. The zero-order chi connectivity index (χ0) is 19.5. The Kier molecular flexibility index (Phi) is 6.47. The molecule has 0 spiro atoms. The van der Waals surface area contributed by atoms with Gasteiger partial charge in [-0.25, -0.2) is 13.2 Å². The van der Waals surface area contributed by atoms with Crippen molar-refractivity contribution in [3.05, 3.63) is 29.8 Å². The van der Waals surface area contributed by atoms with E-state index in [2.05, 4.69) is 13.8 Å². The highest BCUT2D eigenvalue weighted by Crippen LogP contribution is 2.20. The summed E-state index contributed by atoms with van der Waals surface area (Å²) >= 11 is 0. The molecule has 0 radical (unpaired) electrons. The SMILES string of the molecule is CC(C)c1ccc(S(=O)(=O)N2CC[NH+](CC(=O)OC(C)(C)C)CC2)cc1. The lowest BCUT2D eigenvalue weighted by Gasteiger charge is -2.31. The maximum Gasteiger partial charge on any atom is 0.362 e. The summed E-state index contributed by atoms with van der Waals surface area (Å²) < 4.78 is 32.5. The number of nitrogens with zero attached hydrogens (tertiary/aromatic N) is 1. The molecule has 146 valence electrons. The second-order valence-electron chi connectivity index (χ2n) is 8.14. The first-order valence-corrected chi connectivity index (χ1v) is 10.6. The lowest BCUT2D eigenvalue weighted by Crippen LogP contribution is -3.15. The van der Waals surface area contributed by atoms with Gasteiger partial charge in [0.2, 0.25) is 10.0 Å². The van der Waals surface area contributed by atoms with Crippen LogP contribution in [0.15, 0.2) is 29.2 Å². The largest absolute Gasteiger partial charge is 0.456 e. The standard InChI is InChI=1S/C19H30N2O4S/c1-15(2)16-6-8-17(9-7-16)26(23,24)21-12-10-20(11-13-21)14-18(22)25-19(3,4)5/h6-9,15H,10-14H2,1-5H3/p+1. The van der Waals surface area contributed by atoms with Crippen LogP contribution in [0.5, 0.6) is 0 Å². The summed E-state index contributed by atoms with van der Waals surface area (Å²) in [6.07, 6.45) is 0. The molecule has 1 aliphatic rings. The number of quaternary nitrogens is 1. The van der Waals surface area contributed by atoms with E-state index in [0.717, 1.165) is 10.5 Å². The minimum absolute atomic E-state index is 0.243. The zero-order valence-corrected chi connectivity index (χ0v) is 17.2. The fourth-order valence-corrected chi connectivity index (χ4v) is 4.42. The van der Waals surface area contributed by atoms with Crippen LogP contribution in [0.3, 0.4) is 0 Å². The number of rotatable bonds is 5. The summed E-state index contributed by atoms with van der Waals surface area (Å²) in [6.45, 7) is 12.0. The van der Waals surface area contributed by atoms with E-state index >= 15 is 0 Å². The molecule has 1 aromatic rings. The van der Waals surface area contributed by atoms with Gasteiger partial charge in [0.1, 0.15) is 5.60 Å². The highest BCUT2D eigenvalue weighted by Gasteiger charge is 2.32. The number of carbonyl (C=O) groups is 1. The second kappa shape index (κ2) is 8.06. The summed E-state index contributed by atoms with van der Waals surface area (Å²) in [5.41, 5.74) is 0.625. The molecule has 0 aliphatic carbocycles. The third-order valence-corrected chi connectivity index (χ3v) is 6.34. The average Bonchev–Trinajstić information content (AvgIpc) is 2.53. The summed E-state index contributed by atoms with van der Waals surface area (Å²) in [7, 11) is -3.48. The molecule has 0 bridgehead atoms. The number of hydrogen-bond donors (Lipinski definition) is 1. The lowest BCUT2D eigenvalue weighted by atomic mass is 10.0.